The van der Waals surface area contributed by atoms with Gasteiger partial charge in [-0.15, -0.1) is 0 Å². The van der Waals surface area contributed by atoms with Crippen molar-refractivity contribution in [1.82, 2.24) is 5.32 Å². The number of hydrogen-bond donors (Lipinski definition) is 1. The minimum absolute atomic E-state index is 0.0866. The number of nitriles is 1. The van der Waals surface area contributed by atoms with E-state index in [1.165, 1.54) is 43.0 Å². The van der Waals surface area contributed by atoms with Crippen LogP contribution in [0, 0.1) is 17.1 Å². The number of nitrogens with zero attached hydrogens (tertiary/aromatic N) is 1. The van der Waals surface area contributed by atoms with Crippen LogP contribution in [0.4, 0.5) is 4.39 Å². The third-order valence-electron chi connectivity index (χ3n) is 4.67. The summed E-state index contributed by atoms with van der Waals surface area (Å²) in [6.45, 7) is 3.28. The zero-order valence-corrected chi connectivity index (χ0v) is 16.8. The van der Waals surface area contributed by atoms with Gasteiger partial charge in [0.2, 0.25) is 0 Å². The summed E-state index contributed by atoms with van der Waals surface area (Å²) < 4.78 is 13.1. The van der Waals surface area contributed by atoms with Gasteiger partial charge < -0.3 is 5.32 Å². The quantitative estimate of drug-likeness (QED) is 0.703. The maximum absolute atomic E-state index is 13.1. The second kappa shape index (κ2) is 8.89. The molecular weight excluding hydrogens is 387 g/mol. The Morgan fingerprint density at radius 1 is 1.14 bits per heavy atom. The second-order valence-electron chi connectivity index (χ2n) is 6.64. The van der Waals surface area contributed by atoms with Crippen LogP contribution in [0.5, 0.6) is 0 Å². The lowest BCUT2D eigenvalue weighted by atomic mass is 9.81. The van der Waals surface area contributed by atoms with Gasteiger partial charge in [0.25, 0.3) is 0 Å². The highest BCUT2D eigenvalue weighted by Gasteiger charge is 2.33. The van der Waals surface area contributed by atoms with Crippen LogP contribution in [0.3, 0.4) is 0 Å². The lowest BCUT2D eigenvalue weighted by Gasteiger charge is -2.29. The number of halogens is 1. The van der Waals surface area contributed by atoms with Crippen molar-refractivity contribution in [2.75, 3.05) is 5.75 Å². The Labute approximate surface area is 173 Å². The first kappa shape index (κ1) is 20.6. The molecule has 0 bridgehead atoms. The first-order chi connectivity index (χ1) is 13.9. The molecule has 0 spiro atoms. The largest absolute Gasteiger partial charge is 0.353 e. The molecule has 1 aliphatic heterocycles. The fraction of sp³-hybridized carbons (Fsp3) is 0.174. The molecule has 1 aliphatic rings. The summed E-state index contributed by atoms with van der Waals surface area (Å²) in [5.74, 6) is -1.08. The molecule has 1 atom stereocenters. The van der Waals surface area contributed by atoms with E-state index in [-0.39, 0.29) is 17.3 Å². The smallest absolute Gasteiger partial charge is 0.173 e. The van der Waals surface area contributed by atoms with Gasteiger partial charge in [0.15, 0.2) is 11.6 Å². The number of carbonyl (C=O) groups is 2. The van der Waals surface area contributed by atoms with E-state index in [1.54, 1.807) is 6.92 Å². The van der Waals surface area contributed by atoms with Crippen molar-refractivity contribution in [3.05, 3.63) is 93.4 Å². The summed E-state index contributed by atoms with van der Waals surface area (Å²) in [4.78, 5) is 24.8. The maximum Gasteiger partial charge on any atom is 0.173 e. The third-order valence-corrected chi connectivity index (χ3v) is 5.69. The standard InChI is InChI=1S/C23H19FN2O2S/c1-14-21(15(2)27)22(17-6-4-3-5-7-17)19(12-25)23(26-14)29-13-20(28)16-8-10-18(24)11-9-16/h3-11,22,26H,13H2,1-2H3/t22-/m0/s1. The average molecular weight is 406 g/mol. The molecule has 146 valence electrons. The number of dihydropyridines is 1. The van der Waals surface area contributed by atoms with E-state index >= 15 is 0 Å². The van der Waals surface area contributed by atoms with Crippen LogP contribution in [-0.2, 0) is 4.79 Å². The molecule has 1 N–H and O–H groups in total. The SMILES string of the molecule is CC(=O)C1=C(C)NC(SCC(=O)c2ccc(F)cc2)=C(C#N)[C@@H]1c1ccccc1. The Kier molecular flexibility index (Phi) is 6.30. The highest BCUT2D eigenvalue weighted by Crippen LogP contribution is 2.40. The van der Waals surface area contributed by atoms with Gasteiger partial charge >= 0.3 is 0 Å². The van der Waals surface area contributed by atoms with Crippen molar-refractivity contribution in [2.24, 2.45) is 0 Å². The zero-order chi connectivity index (χ0) is 21.0. The summed E-state index contributed by atoms with van der Waals surface area (Å²) in [5.41, 5.74) is 2.87. The molecule has 0 unspecified atom stereocenters. The second-order valence-corrected chi connectivity index (χ2v) is 7.62. The Hall–Kier alpha value is -3.17. The first-order valence-corrected chi connectivity index (χ1v) is 10.0. The molecule has 2 aromatic rings. The fourth-order valence-electron chi connectivity index (χ4n) is 3.33. The molecule has 6 heteroatoms. The Morgan fingerprint density at radius 2 is 1.79 bits per heavy atom. The van der Waals surface area contributed by atoms with Crippen molar-refractivity contribution >= 4 is 23.3 Å². The molecule has 29 heavy (non-hydrogen) atoms. The van der Waals surface area contributed by atoms with Crippen molar-refractivity contribution < 1.29 is 14.0 Å². The summed E-state index contributed by atoms with van der Waals surface area (Å²) in [6.07, 6.45) is 0. The number of carbonyl (C=O) groups excluding carboxylic acids is 2. The van der Waals surface area contributed by atoms with Crippen molar-refractivity contribution in [3.8, 4) is 6.07 Å². The molecular formula is C23H19FN2O2S. The normalized spacial score (nSPS) is 16.3. The molecule has 0 saturated carbocycles. The van der Waals surface area contributed by atoms with Gasteiger partial charge in [-0.2, -0.15) is 5.26 Å². The number of ketones is 2. The highest BCUT2D eigenvalue weighted by atomic mass is 32.2. The van der Waals surface area contributed by atoms with Gasteiger partial charge in [0.1, 0.15) is 5.82 Å². The molecule has 0 radical (unpaired) electrons. The number of hydrogen-bond acceptors (Lipinski definition) is 5. The van der Waals surface area contributed by atoms with Crippen LogP contribution in [0.1, 0.15) is 35.7 Å². The molecule has 1 heterocycles. The summed E-state index contributed by atoms with van der Waals surface area (Å²) >= 11 is 1.21. The minimum atomic E-state index is -0.483. The Bertz CT molecular complexity index is 1050. The molecule has 0 aromatic heterocycles. The lowest BCUT2D eigenvalue weighted by Crippen LogP contribution is -2.27. The molecule has 0 aliphatic carbocycles. The van der Waals surface area contributed by atoms with Crippen LogP contribution < -0.4 is 5.32 Å². The van der Waals surface area contributed by atoms with Gasteiger partial charge in [-0.05, 0) is 43.7 Å². The van der Waals surface area contributed by atoms with E-state index < -0.39 is 11.7 Å². The lowest BCUT2D eigenvalue weighted by molar-refractivity contribution is -0.113. The number of nitrogens with one attached hydrogen (secondary N) is 1. The van der Waals surface area contributed by atoms with Gasteiger partial charge in [-0.3, -0.25) is 9.59 Å². The van der Waals surface area contributed by atoms with Crippen LogP contribution >= 0.6 is 11.8 Å². The Balaban J connectivity index is 1.93. The number of rotatable bonds is 6. The predicted molar refractivity (Wildman–Crippen MR) is 112 cm³/mol. The van der Waals surface area contributed by atoms with Crippen molar-refractivity contribution in [1.29, 1.82) is 5.26 Å². The molecule has 0 saturated heterocycles. The zero-order valence-electron chi connectivity index (χ0n) is 16.0. The van der Waals surface area contributed by atoms with Gasteiger partial charge in [0.05, 0.1) is 28.3 Å². The maximum atomic E-state index is 13.1. The third kappa shape index (κ3) is 4.47. The van der Waals surface area contributed by atoms with E-state index in [9.17, 15) is 19.2 Å². The van der Waals surface area contributed by atoms with Gasteiger partial charge in [0, 0.05) is 16.8 Å². The van der Waals surface area contributed by atoms with E-state index in [2.05, 4.69) is 11.4 Å². The van der Waals surface area contributed by atoms with Gasteiger partial charge in [-0.25, -0.2) is 4.39 Å². The summed E-state index contributed by atoms with van der Waals surface area (Å²) in [6, 6.07) is 17.0. The van der Waals surface area contributed by atoms with Crippen molar-refractivity contribution in [2.45, 2.75) is 19.8 Å². The van der Waals surface area contributed by atoms with E-state index in [0.717, 1.165) is 5.56 Å². The van der Waals surface area contributed by atoms with Crippen LogP contribution in [0.25, 0.3) is 0 Å². The highest BCUT2D eigenvalue weighted by molar-refractivity contribution is 8.03. The van der Waals surface area contributed by atoms with E-state index in [4.69, 9.17) is 0 Å². The van der Waals surface area contributed by atoms with Crippen LogP contribution in [0.2, 0.25) is 0 Å². The first-order valence-electron chi connectivity index (χ1n) is 9.02. The monoisotopic (exact) mass is 406 g/mol. The van der Waals surface area contributed by atoms with Crippen molar-refractivity contribution in [3.63, 3.8) is 0 Å². The number of thioether (sulfide) groups is 1. The van der Waals surface area contributed by atoms with Gasteiger partial charge in [-0.1, -0.05) is 42.1 Å². The van der Waals surface area contributed by atoms with E-state index in [1.807, 2.05) is 30.3 Å². The number of benzene rings is 2. The molecule has 4 nitrogen and oxygen atoms in total. The molecule has 2 aromatic carbocycles. The minimum Gasteiger partial charge on any atom is -0.353 e. The summed E-state index contributed by atoms with van der Waals surface area (Å²) in [5, 5.41) is 13.6. The Morgan fingerprint density at radius 3 is 2.38 bits per heavy atom. The van der Waals surface area contributed by atoms with Crippen LogP contribution in [-0.4, -0.2) is 17.3 Å². The van der Waals surface area contributed by atoms with Crippen LogP contribution in [0.15, 0.2) is 76.5 Å². The fourth-order valence-corrected chi connectivity index (χ4v) is 4.32. The molecule has 0 amide bonds. The topological polar surface area (TPSA) is 70.0 Å². The average Bonchev–Trinajstić information content (AvgIpc) is 2.72. The predicted octanol–water partition coefficient (Wildman–Crippen LogP) is 4.73. The number of Topliss-reactive ketones (excluding diaryl/α,β-unsaturated/α-hetero) is 2. The number of allylic oxidation sites excluding steroid dienone is 3. The summed E-state index contributed by atoms with van der Waals surface area (Å²) in [7, 11) is 0. The molecule has 3 rings (SSSR count). The van der Waals surface area contributed by atoms with E-state index in [0.29, 0.717) is 27.4 Å². The molecule has 0 fully saturated rings.